The van der Waals surface area contributed by atoms with E-state index >= 15 is 0 Å². The molecule has 0 unspecified atom stereocenters. The molecular weight excluding hydrogens is 242 g/mol. The number of carbonyl (C=O) groups is 2. The van der Waals surface area contributed by atoms with E-state index in [1.165, 1.54) is 6.07 Å². The smallest absolute Gasteiger partial charge is 0.336 e. The van der Waals surface area contributed by atoms with Crippen molar-refractivity contribution < 1.29 is 14.7 Å². The first kappa shape index (κ1) is 13.0. The highest BCUT2D eigenvalue weighted by atomic mass is 16.4. The number of carboxylic acid groups (broad SMARTS) is 1. The highest BCUT2D eigenvalue weighted by molar-refractivity contribution is 6.06. The molecule has 0 radical (unpaired) electrons. The van der Waals surface area contributed by atoms with Crippen molar-refractivity contribution >= 4 is 11.8 Å². The molecule has 96 valence electrons. The number of carboxylic acids is 1. The second kappa shape index (κ2) is 5.44. The molecule has 2 rings (SSSR count). The van der Waals surface area contributed by atoms with Gasteiger partial charge in [0.2, 0.25) is 0 Å². The van der Waals surface area contributed by atoms with Gasteiger partial charge < -0.3 is 5.11 Å². The first-order valence-corrected chi connectivity index (χ1v) is 5.84. The molecule has 0 saturated carbocycles. The third kappa shape index (κ3) is 2.85. The quantitative estimate of drug-likeness (QED) is 0.852. The molecule has 19 heavy (non-hydrogen) atoms. The topological polar surface area (TPSA) is 67.3 Å². The molecule has 0 atom stereocenters. The van der Waals surface area contributed by atoms with Gasteiger partial charge in [-0.2, -0.15) is 0 Å². The largest absolute Gasteiger partial charge is 0.478 e. The number of aromatic nitrogens is 1. The molecule has 4 nitrogen and oxygen atoms in total. The standard InChI is InChI=1S/C15H13NO3/c1-10-9-16-7-6-11(10)8-14(17)12-4-2-3-5-13(12)15(18)19/h2-7,9H,8H2,1H3,(H,18,19). The molecule has 2 aromatic rings. The lowest BCUT2D eigenvalue weighted by Crippen LogP contribution is -2.11. The maximum Gasteiger partial charge on any atom is 0.336 e. The number of hydrogen-bond donors (Lipinski definition) is 1. The molecule has 0 bridgehead atoms. The van der Waals surface area contributed by atoms with Crippen LogP contribution in [0.5, 0.6) is 0 Å². The van der Waals surface area contributed by atoms with Gasteiger partial charge in [0.25, 0.3) is 0 Å². The van der Waals surface area contributed by atoms with Gasteiger partial charge in [0, 0.05) is 24.4 Å². The van der Waals surface area contributed by atoms with Gasteiger partial charge in [0.15, 0.2) is 5.78 Å². The van der Waals surface area contributed by atoms with E-state index in [9.17, 15) is 9.59 Å². The summed E-state index contributed by atoms with van der Waals surface area (Å²) in [5, 5.41) is 9.07. The number of Topliss-reactive ketones (excluding diaryl/α,β-unsaturated/α-hetero) is 1. The van der Waals surface area contributed by atoms with Crippen molar-refractivity contribution in [1.29, 1.82) is 0 Å². The summed E-state index contributed by atoms with van der Waals surface area (Å²) in [5.41, 5.74) is 2.06. The van der Waals surface area contributed by atoms with Crippen LogP contribution in [-0.2, 0) is 6.42 Å². The van der Waals surface area contributed by atoms with Crippen molar-refractivity contribution in [3.63, 3.8) is 0 Å². The molecule has 0 saturated heterocycles. The fraction of sp³-hybridized carbons (Fsp3) is 0.133. The minimum absolute atomic E-state index is 0.0409. The van der Waals surface area contributed by atoms with Crippen molar-refractivity contribution in [2.45, 2.75) is 13.3 Å². The Hall–Kier alpha value is -2.49. The van der Waals surface area contributed by atoms with Gasteiger partial charge in [-0.1, -0.05) is 18.2 Å². The van der Waals surface area contributed by atoms with Crippen LogP contribution < -0.4 is 0 Å². The van der Waals surface area contributed by atoms with E-state index in [4.69, 9.17) is 5.11 Å². The van der Waals surface area contributed by atoms with Crippen molar-refractivity contribution in [3.05, 3.63) is 65.0 Å². The number of ketones is 1. The van der Waals surface area contributed by atoms with E-state index < -0.39 is 5.97 Å². The van der Waals surface area contributed by atoms with Crippen LogP contribution in [0.3, 0.4) is 0 Å². The van der Waals surface area contributed by atoms with Gasteiger partial charge in [-0.25, -0.2) is 4.79 Å². The zero-order valence-electron chi connectivity index (χ0n) is 10.5. The summed E-state index contributed by atoms with van der Waals surface area (Å²) in [6.45, 7) is 1.87. The van der Waals surface area contributed by atoms with Gasteiger partial charge in [-0.15, -0.1) is 0 Å². The Morgan fingerprint density at radius 2 is 1.84 bits per heavy atom. The molecule has 1 N–H and O–H groups in total. The van der Waals surface area contributed by atoms with Crippen molar-refractivity contribution in [3.8, 4) is 0 Å². The normalized spacial score (nSPS) is 10.2. The SMILES string of the molecule is Cc1cnccc1CC(=O)c1ccccc1C(=O)O. The Morgan fingerprint density at radius 3 is 2.47 bits per heavy atom. The molecule has 1 aromatic heterocycles. The van der Waals surface area contributed by atoms with E-state index in [-0.39, 0.29) is 23.3 Å². The van der Waals surface area contributed by atoms with Crippen molar-refractivity contribution in [2.24, 2.45) is 0 Å². The molecule has 1 aromatic carbocycles. The molecular formula is C15H13NO3. The minimum atomic E-state index is -1.09. The average molecular weight is 255 g/mol. The monoisotopic (exact) mass is 255 g/mol. The van der Waals surface area contributed by atoms with Crippen LogP contribution in [0.1, 0.15) is 31.8 Å². The highest BCUT2D eigenvalue weighted by Gasteiger charge is 2.16. The summed E-state index contributed by atoms with van der Waals surface area (Å²) in [7, 11) is 0. The van der Waals surface area contributed by atoms with Crippen LogP contribution >= 0.6 is 0 Å². The second-order valence-corrected chi connectivity index (χ2v) is 4.25. The first-order valence-electron chi connectivity index (χ1n) is 5.84. The summed E-state index contributed by atoms with van der Waals surface area (Å²) in [5.74, 6) is -1.29. The third-order valence-electron chi connectivity index (χ3n) is 2.95. The fourth-order valence-corrected chi connectivity index (χ4v) is 1.88. The molecule has 1 heterocycles. The molecule has 0 spiro atoms. The van der Waals surface area contributed by atoms with Gasteiger partial charge in [0.05, 0.1) is 5.56 Å². The summed E-state index contributed by atoms with van der Waals surface area (Å²) >= 11 is 0. The van der Waals surface area contributed by atoms with Crippen LogP contribution in [0, 0.1) is 6.92 Å². The maximum atomic E-state index is 12.2. The Bertz CT molecular complexity index is 635. The predicted octanol–water partition coefficient (Wildman–Crippen LogP) is 2.51. The van der Waals surface area contributed by atoms with E-state index in [0.717, 1.165) is 11.1 Å². The average Bonchev–Trinajstić information content (AvgIpc) is 2.41. The highest BCUT2D eigenvalue weighted by Crippen LogP contribution is 2.14. The fourth-order valence-electron chi connectivity index (χ4n) is 1.88. The minimum Gasteiger partial charge on any atom is -0.478 e. The number of benzene rings is 1. The Balaban J connectivity index is 2.31. The lowest BCUT2D eigenvalue weighted by atomic mass is 9.97. The molecule has 0 aliphatic rings. The number of aromatic carboxylic acids is 1. The number of aryl methyl sites for hydroxylation is 1. The number of rotatable bonds is 4. The number of hydrogen-bond acceptors (Lipinski definition) is 3. The van der Waals surface area contributed by atoms with Crippen LogP contribution in [-0.4, -0.2) is 21.8 Å². The van der Waals surface area contributed by atoms with Crippen LogP contribution in [0.2, 0.25) is 0 Å². The lowest BCUT2D eigenvalue weighted by molar-refractivity contribution is 0.0692. The van der Waals surface area contributed by atoms with E-state index in [1.54, 1.807) is 36.7 Å². The van der Waals surface area contributed by atoms with Crippen molar-refractivity contribution in [1.82, 2.24) is 4.98 Å². The van der Waals surface area contributed by atoms with Crippen LogP contribution in [0.4, 0.5) is 0 Å². The summed E-state index contributed by atoms with van der Waals surface area (Å²) in [4.78, 5) is 27.3. The lowest BCUT2D eigenvalue weighted by Gasteiger charge is -2.06. The number of nitrogens with zero attached hydrogens (tertiary/aromatic N) is 1. The summed E-state index contributed by atoms with van der Waals surface area (Å²) < 4.78 is 0. The molecule has 0 amide bonds. The summed E-state index contributed by atoms with van der Waals surface area (Å²) in [6.07, 6.45) is 3.49. The molecule has 0 aliphatic carbocycles. The molecule has 0 fully saturated rings. The number of carbonyl (C=O) groups excluding carboxylic acids is 1. The van der Waals surface area contributed by atoms with Gasteiger partial charge >= 0.3 is 5.97 Å². The maximum absolute atomic E-state index is 12.2. The predicted molar refractivity (Wildman–Crippen MR) is 70.4 cm³/mol. The van der Waals surface area contributed by atoms with Crippen LogP contribution in [0.15, 0.2) is 42.7 Å². The van der Waals surface area contributed by atoms with Crippen molar-refractivity contribution in [2.75, 3.05) is 0 Å². The Kier molecular flexibility index (Phi) is 3.71. The molecule has 4 heteroatoms. The van der Waals surface area contributed by atoms with E-state index in [0.29, 0.717) is 0 Å². The van der Waals surface area contributed by atoms with Gasteiger partial charge in [-0.05, 0) is 30.2 Å². The third-order valence-corrected chi connectivity index (χ3v) is 2.95. The zero-order chi connectivity index (χ0) is 13.8. The number of pyridine rings is 1. The summed E-state index contributed by atoms with van der Waals surface area (Å²) in [6, 6.07) is 8.03. The Morgan fingerprint density at radius 1 is 1.16 bits per heavy atom. The van der Waals surface area contributed by atoms with Crippen LogP contribution in [0.25, 0.3) is 0 Å². The Labute approximate surface area is 110 Å². The second-order valence-electron chi connectivity index (χ2n) is 4.25. The van der Waals surface area contributed by atoms with E-state index in [1.807, 2.05) is 6.92 Å². The van der Waals surface area contributed by atoms with Gasteiger partial charge in [0.1, 0.15) is 0 Å². The first-order chi connectivity index (χ1) is 9.09. The van der Waals surface area contributed by atoms with E-state index in [2.05, 4.69) is 4.98 Å². The van der Waals surface area contributed by atoms with Gasteiger partial charge in [-0.3, -0.25) is 9.78 Å². The molecule has 0 aliphatic heterocycles. The zero-order valence-corrected chi connectivity index (χ0v) is 10.5.